The zero-order valence-electron chi connectivity index (χ0n) is 13.7. The van der Waals surface area contributed by atoms with Gasteiger partial charge in [0, 0.05) is 24.1 Å². The van der Waals surface area contributed by atoms with Crippen molar-refractivity contribution in [3.05, 3.63) is 53.9 Å². The van der Waals surface area contributed by atoms with Crippen molar-refractivity contribution in [2.75, 3.05) is 31.1 Å². The van der Waals surface area contributed by atoms with Crippen molar-refractivity contribution >= 4 is 5.95 Å². The van der Waals surface area contributed by atoms with Crippen LogP contribution in [-0.2, 0) is 12.5 Å². The fourth-order valence-electron chi connectivity index (χ4n) is 3.03. The molecule has 1 N–H and O–H groups in total. The molecule has 0 radical (unpaired) electrons. The Hall–Kier alpha value is -1.94. The van der Waals surface area contributed by atoms with Crippen LogP contribution in [0.25, 0.3) is 0 Å². The van der Waals surface area contributed by atoms with E-state index in [1.54, 1.807) is 0 Å². The molecule has 0 saturated carbocycles. The maximum Gasteiger partial charge on any atom is 0.393 e. The number of nitrogens with zero attached hydrogens (tertiary/aromatic N) is 3. The Morgan fingerprint density at radius 3 is 2.41 bits per heavy atom. The van der Waals surface area contributed by atoms with E-state index in [1.165, 1.54) is 11.1 Å². The number of aromatic nitrogens is 2. The molecule has 0 aliphatic carbocycles. The van der Waals surface area contributed by atoms with Gasteiger partial charge in [-0.05, 0) is 5.56 Å². The average Bonchev–Trinajstić information content (AvgIpc) is 2.56. The zero-order chi connectivity index (χ0) is 15.6. The second-order valence-corrected chi connectivity index (χ2v) is 6.48. The molecule has 1 saturated heterocycles. The van der Waals surface area contributed by atoms with E-state index >= 15 is 0 Å². The molecule has 2 heterocycles. The van der Waals surface area contributed by atoms with Crippen LogP contribution in [-0.4, -0.2) is 31.2 Å². The van der Waals surface area contributed by atoms with Gasteiger partial charge in [-0.3, -0.25) is 4.90 Å². The molecule has 0 amide bonds. The molecule has 4 heteroatoms. The second kappa shape index (κ2) is 6.05. The van der Waals surface area contributed by atoms with Gasteiger partial charge in [-0.2, -0.15) is 0 Å². The molecule has 1 aliphatic rings. The van der Waals surface area contributed by atoms with Gasteiger partial charge in [-0.15, -0.1) is 0 Å². The van der Waals surface area contributed by atoms with Gasteiger partial charge < -0.3 is 5.32 Å². The average molecular weight is 297 g/mol. The SMILES string of the molecule is C[n+]1cc(C(C)(C)c2ccccc2)cnc1N1CCNCC1. The molecule has 116 valence electrons. The Morgan fingerprint density at radius 2 is 1.77 bits per heavy atom. The highest BCUT2D eigenvalue weighted by Gasteiger charge is 2.28. The number of anilines is 1. The third kappa shape index (κ3) is 2.83. The van der Waals surface area contributed by atoms with E-state index in [9.17, 15) is 0 Å². The molecular weight excluding hydrogens is 272 g/mol. The van der Waals surface area contributed by atoms with E-state index < -0.39 is 0 Å². The molecule has 1 fully saturated rings. The minimum atomic E-state index is -0.0476. The summed E-state index contributed by atoms with van der Waals surface area (Å²) in [5.41, 5.74) is 2.50. The van der Waals surface area contributed by atoms with E-state index in [2.05, 4.69) is 72.2 Å². The summed E-state index contributed by atoms with van der Waals surface area (Å²) in [4.78, 5) is 7.10. The Morgan fingerprint density at radius 1 is 1.09 bits per heavy atom. The Kier molecular flexibility index (Phi) is 4.12. The van der Waals surface area contributed by atoms with Gasteiger partial charge in [0.05, 0.1) is 26.3 Å². The highest BCUT2D eigenvalue weighted by molar-refractivity contribution is 5.35. The van der Waals surface area contributed by atoms with Crippen molar-refractivity contribution in [3.8, 4) is 0 Å². The van der Waals surface area contributed by atoms with Gasteiger partial charge in [-0.1, -0.05) is 49.2 Å². The lowest BCUT2D eigenvalue weighted by molar-refractivity contribution is -0.662. The quantitative estimate of drug-likeness (QED) is 0.874. The molecule has 3 rings (SSSR count). The van der Waals surface area contributed by atoms with Crippen LogP contribution in [0.15, 0.2) is 42.7 Å². The topological polar surface area (TPSA) is 32.0 Å². The molecule has 0 atom stereocenters. The lowest BCUT2D eigenvalue weighted by atomic mass is 9.79. The summed E-state index contributed by atoms with van der Waals surface area (Å²) >= 11 is 0. The number of hydrogen-bond donors (Lipinski definition) is 1. The molecule has 2 aromatic rings. The number of benzene rings is 1. The first-order valence-corrected chi connectivity index (χ1v) is 7.96. The molecule has 0 spiro atoms. The third-order valence-electron chi connectivity index (χ3n) is 4.58. The first kappa shape index (κ1) is 15.0. The molecule has 1 aromatic carbocycles. The number of hydrogen-bond acceptors (Lipinski definition) is 3. The minimum absolute atomic E-state index is 0.0476. The largest absolute Gasteiger partial charge is 0.393 e. The Balaban J connectivity index is 1.91. The van der Waals surface area contributed by atoms with E-state index in [4.69, 9.17) is 4.98 Å². The molecule has 0 unspecified atom stereocenters. The van der Waals surface area contributed by atoms with Gasteiger partial charge >= 0.3 is 5.95 Å². The first-order valence-electron chi connectivity index (χ1n) is 7.96. The summed E-state index contributed by atoms with van der Waals surface area (Å²) in [5, 5.41) is 3.38. The van der Waals surface area contributed by atoms with Crippen LogP contribution >= 0.6 is 0 Å². The number of piperazine rings is 1. The predicted octanol–water partition coefficient (Wildman–Crippen LogP) is 1.64. The maximum atomic E-state index is 4.75. The van der Waals surface area contributed by atoms with Crippen LogP contribution < -0.4 is 14.8 Å². The van der Waals surface area contributed by atoms with Crippen molar-refractivity contribution in [1.82, 2.24) is 10.3 Å². The van der Waals surface area contributed by atoms with Gasteiger partial charge in [0.25, 0.3) is 0 Å². The van der Waals surface area contributed by atoms with Crippen LogP contribution in [0.1, 0.15) is 25.0 Å². The molecule has 1 aliphatic heterocycles. The summed E-state index contributed by atoms with van der Waals surface area (Å²) in [7, 11) is 2.09. The van der Waals surface area contributed by atoms with Gasteiger partial charge in [0.15, 0.2) is 0 Å². The fraction of sp³-hybridized carbons (Fsp3) is 0.444. The third-order valence-corrected chi connectivity index (χ3v) is 4.58. The van der Waals surface area contributed by atoms with Crippen molar-refractivity contribution in [1.29, 1.82) is 0 Å². The monoisotopic (exact) mass is 297 g/mol. The normalized spacial score (nSPS) is 15.9. The first-order chi connectivity index (χ1) is 10.6. The maximum absolute atomic E-state index is 4.75. The predicted molar refractivity (Wildman–Crippen MR) is 89.1 cm³/mol. The molecule has 4 nitrogen and oxygen atoms in total. The van der Waals surface area contributed by atoms with Crippen molar-refractivity contribution in [3.63, 3.8) is 0 Å². The summed E-state index contributed by atoms with van der Waals surface area (Å²) in [6.45, 7) is 8.59. The van der Waals surface area contributed by atoms with Crippen LogP contribution in [0, 0.1) is 0 Å². The van der Waals surface area contributed by atoms with E-state index in [1.807, 2.05) is 6.20 Å². The number of rotatable bonds is 3. The van der Waals surface area contributed by atoms with Crippen LogP contribution in [0.2, 0.25) is 0 Å². The number of nitrogens with one attached hydrogen (secondary N) is 1. The zero-order valence-corrected chi connectivity index (χ0v) is 13.7. The van der Waals surface area contributed by atoms with Gasteiger partial charge in [0.2, 0.25) is 0 Å². The second-order valence-electron chi connectivity index (χ2n) is 6.48. The van der Waals surface area contributed by atoms with E-state index in [-0.39, 0.29) is 5.41 Å². The Bertz CT molecular complexity index is 631. The van der Waals surface area contributed by atoms with Crippen LogP contribution in [0.5, 0.6) is 0 Å². The van der Waals surface area contributed by atoms with E-state index in [0.29, 0.717) is 0 Å². The van der Waals surface area contributed by atoms with Gasteiger partial charge in [-0.25, -0.2) is 4.57 Å². The summed E-state index contributed by atoms with van der Waals surface area (Å²) in [6.07, 6.45) is 4.25. The highest BCUT2D eigenvalue weighted by atomic mass is 15.3. The summed E-state index contributed by atoms with van der Waals surface area (Å²) < 4.78 is 2.16. The summed E-state index contributed by atoms with van der Waals surface area (Å²) in [6, 6.07) is 10.6. The Labute approximate surface area is 132 Å². The van der Waals surface area contributed by atoms with Crippen molar-refractivity contribution < 1.29 is 4.57 Å². The minimum Gasteiger partial charge on any atom is -0.310 e. The van der Waals surface area contributed by atoms with Gasteiger partial charge in [0.1, 0.15) is 6.20 Å². The van der Waals surface area contributed by atoms with Crippen molar-refractivity contribution in [2.45, 2.75) is 19.3 Å². The fourth-order valence-corrected chi connectivity index (χ4v) is 3.03. The molecular formula is C18H25N4+. The smallest absolute Gasteiger partial charge is 0.310 e. The number of aryl methyl sites for hydroxylation is 1. The molecule has 0 bridgehead atoms. The van der Waals surface area contributed by atoms with Crippen LogP contribution in [0.3, 0.4) is 0 Å². The molecule has 1 aromatic heterocycles. The van der Waals surface area contributed by atoms with Crippen LogP contribution in [0.4, 0.5) is 5.95 Å². The van der Waals surface area contributed by atoms with Crippen molar-refractivity contribution in [2.24, 2.45) is 7.05 Å². The highest BCUT2D eigenvalue weighted by Crippen LogP contribution is 2.30. The molecule has 22 heavy (non-hydrogen) atoms. The van der Waals surface area contributed by atoms with E-state index in [0.717, 1.165) is 32.1 Å². The lowest BCUT2D eigenvalue weighted by Crippen LogP contribution is -2.49. The summed E-state index contributed by atoms with van der Waals surface area (Å²) in [5.74, 6) is 1.05. The lowest BCUT2D eigenvalue weighted by Gasteiger charge is -2.26. The standard InChI is InChI=1S/C18H25N4/c1-18(2,15-7-5-4-6-8-15)16-13-20-17(21(3)14-16)22-11-9-19-10-12-22/h4-8,13-14,19H,9-12H2,1-3H3/q+1.